The van der Waals surface area contributed by atoms with Gasteiger partial charge in [0.05, 0.1) is 0 Å². The molecule has 2 nitrogen and oxygen atoms in total. The first-order chi connectivity index (χ1) is 8.28. The number of hydrogen-bond donors (Lipinski definition) is 0. The molecule has 0 aliphatic heterocycles. The fourth-order valence-electron chi connectivity index (χ4n) is 2.28. The van der Waals surface area contributed by atoms with Crippen LogP contribution in [0.1, 0.15) is 40.5 Å². The SMILES string of the molecule is CCN(CC)CC[CH2][GeH2][CH2]CCN(CC)CC. The average molecular weight is 303 g/mol. The molecule has 104 valence electrons. The van der Waals surface area contributed by atoms with Gasteiger partial charge in [0.25, 0.3) is 0 Å². The maximum atomic E-state index is 2.55. The molecular weight excluding hydrogens is 269 g/mol. The van der Waals surface area contributed by atoms with Crippen LogP contribution >= 0.6 is 0 Å². The Labute approximate surface area is 116 Å². The summed E-state index contributed by atoms with van der Waals surface area (Å²) in [6.07, 6.45) is 2.93. The third-order valence-electron chi connectivity index (χ3n) is 3.74. The minimum atomic E-state index is -0.171. The van der Waals surface area contributed by atoms with Gasteiger partial charge in [-0.2, -0.15) is 0 Å². The molecule has 0 spiro atoms. The van der Waals surface area contributed by atoms with Crippen molar-refractivity contribution in [2.75, 3.05) is 39.3 Å². The second-order valence-electron chi connectivity index (χ2n) is 4.82. The summed E-state index contributed by atoms with van der Waals surface area (Å²) in [6.45, 7) is 16.7. The molecule has 0 aromatic carbocycles. The molecule has 0 atom stereocenters. The summed E-state index contributed by atoms with van der Waals surface area (Å²) in [4.78, 5) is 5.11. The predicted molar refractivity (Wildman–Crippen MR) is 83.0 cm³/mol. The summed E-state index contributed by atoms with van der Waals surface area (Å²) in [5.74, 6) is 0. The van der Waals surface area contributed by atoms with Crippen LogP contribution in [0.2, 0.25) is 10.5 Å². The van der Waals surface area contributed by atoms with E-state index in [2.05, 4.69) is 37.5 Å². The van der Waals surface area contributed by atoms with Gasteiger partial charge in [0.15, 0.2) is 0 Å². The Kier molecular flexibility index (Phi) is 13.3. The van der Waals surface area contributed by atoms with Gasteiger partial charge in [0.1, 0.15) is 0 Å². The van der Waals surface area contributed by atoms with Crippen molar-refractivity contribution < 1.29 is 0 Å². The Bertz CT molecular complexity index is 129. The van der Waals surface area contributed by atoms with Crippen LogP contribution in [0.4, 0.5) is 0 Å². The number of rotatable bonds is 12. The fraction of sp³-hybridized carbons (Fsp3) is 1.00. The molecule has 0 amide bonds. The van der Waals surface area contributed by atoms with E-state index >= 15 is 0 Å². The molecule has 0 saturated heterocycles. The van der Waals surface area contributed by atoms with Crippen LogP contribution in [0.25, 0.3) is 0 Å². The van der Waals surface area contributed by atoms with Crippen LogP contribution in [0, 0.1) is 0 Å². The Hall–Kier alpha value is 0.463. The molecule has 3 heteroatoms. The molecule has 17 heavy (non-hydrogen) atoms. The quantitative estimate of drug-likeness (QED) is 0.404. The summed E-state index contributed by atoms with van der Waals surface area (Å²) in [5, 5.41) is 3.20. The second-order valence-corrected chi connectivity index (χ2v) is 9.27. The molecule has 0 saturated carbocycles. The third kappa shape index (κ3) is 10.1. The summed E-state index contributed by atoms with van der Waals surface area (Å²) in [5.41, 5.74) is 0. The van der Waals surface area contributed by atoms with Gasteiger partial charge in [0, 0.05) is 0 Å². The number of hydrogen-bond acceptors (Lipinski definition) is 2. The van der Waals surface area contributed by atoms with E-state index in [1.54, 1.807) is 10.5 Å². The normalized spacial score (nSPS) is 11.6. The van der Waals surface area contributed by atoms with Crippen LogP contribution < -0.4 is 0 Å². The first-order valence-electron chi connectivity index (χ1n) is 7.73. The maximum absolute atomic E-state index is 2.55. The standard InChI is InChI=1S/C14H34GeN2/c1-5-16(6-2)13-9-11-15-12-10-14-17(7-3)8-4/h5-15H2,1-4H3. The summed E-state index contributed by atoms with van der Waals surface area (Å²) in [7, 11) is 0. The third-order valence-corrected chi connectivity index (χ3v) is 7.93. The van der Waals surface area contributed by atoms with Crippen molar-refractivity contribution in [1.82, 2.24) is 9.80 Å². The molecule has 0 aliphatic carbocycles. The van der Waals surface area contributed by atoms with E-state index in [-0.39, 0.29) is 15.4 Å². The topological polar surface area (TPSA) is 6.48 Å². The molecule has 0 aromatic heterocycles. The molecule has 0 heterocycles. The van der Waals surface area contributed by atoms with Crippen molar-refractivity contribution in [2.24, 2.45) is 0 Å². The van der Waals surface area contributed by atoms with Gasteiger partial charge in [-0.15, -0.1) is 0 Å². The first kappa shape index (κ1) is 17.5. The van der Waals surface area contributed by atoms with E-state index in [4.69, 9.17) is 0 Å². The van der Waals surface area contributed by atoms with Crippen molar-refractivity contribution in [2.45, 2.75) is 51.0 Å². The van der Waals surface area contributed by atoms with Gasteiger partial charge in [-0.1, -0.05) is 0 Å². The zero-order chi connectivity index (χ0) is 12.9. The monoisotopic (exact) mass is 304 g/mol. The van der Waals surface area contributed by atoms with Crippen LogP contribution in [0.15, 0.2) is 0 Å². The zero-order valence-electron chi connectivity index (χ0n) is 12.7. The van der Waals surface area contributed by atoms with Crippen molar-refractivity contribution in [3.8, 4) is 0 Å². The van der Waals surface area contributed by atoms with E-state index in [0.717, 1.165) is 0 Å². The van der Waals surface area contributed by atoms with Crippen molar-refractivity contribution >= 4 is 15.4 Å². The Morgan fingerprint density at radius 3 is 1.29 bits per heavy atom. The van der Waals surface area contributed by atoms with Crippen molar-refractivity contribution in [1.29, 1.82) is 0 Å². The molecule has 0 radical (unpaired) electrons. The summed E-state index contributed by atoms with van der Waals surface area (Å²) in [6, 6.07) is 0. The molecule has 0 bridgehead atoms. The molecule has 0 rings (SSSR count). The predicted octanol–water partition coefficient (Wildman–Crippen LogP) is 2.46. The van der Waals surface area contributed by atoms with E-state index in [0.29, 0.717) is 0 Å². The molecule has 0 aliphatic rings. The molecular formula is C14H34GeN2. The Morgan fingerprint density at radius 2 is 1.00 bits per heavy atom. The summed E-state index contributed by atoms with van der Waals surface area (Å²) >= 11 is -0.171. The van der Waals surface area contributed by atoms with Gasteiger partial charge in [-0.05, 0) is 0 Å². The van der Waals surface area contributed by atoms with Crippen molar-refractivity contribution in [3.05, 3.63) is 0 Å². The van der Waals surface area contributed by atoms with E-state index < -0.39 is 0 Å². The van der Waals surface area contributed by atoms with Gasteiger partial charge >= 0.3 is 116 Å². The molecule has 0 aromatic rings. The number of nitrogens with zero attached hydrogens (tertiary/aromatic N) is 2. The van der Waals surface area contributed by atoms with E-state index in [1.807, 2.05) is 0 Å². The van der Waals surface area contributed by atoms with Crippen LogP contribution in [-0.2, 0) is 0 Å². The molecule has 0 unspecified atom stereocenters. The average Bonchev–Trinajstić information content (AvgIpc) is 2.37. The van der Waals surface area contributed by atoms with Gasteiger partial charge < -0.3 is 0 Å². The van der Waals surface area contributed by atoms with Crippen LogP contribution in [0.3, 0.4) is 0 Å². The minimum absolute atomic E-state index is 0.171. The fourth-order valence-corrected chi connectivity index (χ4v) is 5.44. The Balaban J connectivity index is 3.23. The van der Waals surface area contributed by atoms with Crippen LogP contribution in [-0.4, -0.2) is 64.5 Å². The zero-order valence-corrected chi connectivity index (χ0v) is 15.6. The van der Waals surface area contributed by atoms with Crippen LogP contribution in [0.5, 0.6) is 0 Å². The summed E-state index contributed by atoms with van der Waals surface area (Å²) < 4.78 is 0. The first-order valence-corrected chi connectivity index (χ1v) is 11.9. The molecule has 0 fully saturated rings. The van der Waals surface area contributed by atoms with E-state index in [9.17, 15) is 0 Å². The van der Waals surface area contributed by atoms with Gasteiger partial charge in [-0.25, -0.2) is 0 Å². The van der Waals surface area contributed by atoms with E-state index in [1.165, 1.54) is 52.1 Å². The van der Waals surface area contributed by atoms with Gasteiger partial charge in [-0.3, -0.25) is 0 Å². The molecule has 0 N–H and O–H groups in total. The van der Waals surface area contributed by atoms with Crippen molar-refractivity contribution in [3.63, 3.8) is 0 Å². The second kappa shape index (κ2) is 12.9. The Morgan fingerprint density at radius 1 is 0.647 bits per heavy atom. The van der Waals surface area contributed by atoms with Gasteiger partial charge in [0.2, 0.25) is 0 Å².